The second-order valence-electron chi connectivity index (χ2n) is 6.44. The van der Waals surface area contributed by atoms with Crippen LogP contribution in [0.3, 0.4) is 0 Å². The van der Waals surface area contributed by atoms with E-state index < -0.39 is 0 Å². The highest BCUT2D eigenvalue weighted by Crippen LogP contribution is 2.29. The zero-order valence-corrected chi connectivity index (χ0v) is 16.9. The van der Waals surface area contributed by atoms with E-state index in [0.717, 1.165) is 21.9 Å². The zero-order valence-electron chi connectivity index (χ0n) is 15.3. The number of rotatable bonds is 5. The predicted molar refractivity (Wildman–Crippen MR) is 110 cm³/mol. The number of hydrogen-bond donors (Lipinski definition) is 1. The minimum atomic E-state index is -0.152. The normalized spacial score (nSPS) is 13.1. The van der Waals surface area contributed by atoms with Crippen LogP contribution in [0.25, 0.3) is 0 Å². The van der Waals surface area contributed by atoms with Crippen LogP contribution in [0, 0.1) is 6.92 Å². The Bertz CT molecular complexity index is 998. The number of para-hydroxylation sites is 1. The molecule has 6 nitrogen and oxygen atoms in total. The number of carbonyl (C=O) groups is 2. The molecule has 1 aliphatic rings. The average Bonchev–Trinajstić information content (AvgIpc) is 3.36. The van der Waals surface area contributed by atoms with E-state index in [-0.39, 0.29) is 18.4 Å². The molecule has 2 aromatic heterocycles. The third-order valence-corrected chi connectivity index (χ3v) is 6.36. The lowest BCUT2D eigenvalue weighted by Crippen LogP contribution is -2.38. The summed E-state index contributed by atoms with van der Waals surface area (Å²) in [5.74, 6) is 0.525. The van der Waals surface area contributed by atoms with Crippen LogP contribution in [-0.4, -0.2) is 34.8 Å². The van der Waals surface area contributed by atoms with E-state index >= 15 is 0 Å². The van der Waals surface area contributed by atoms with Crippen molar-refractivity contribution in [3.63, 3.8) is 0 Å². The summed E-state index contributed by atoms with van der Waals surface area (Å²) >= 11 is 2.82. The molecular weight excluding hydrogens is 394 g/mol. The Labute approximate surface area is 170 Å². The van der Waals surface area contributed by atoms with Crippen molar-refractivity contribution in [1.29, 1.82) is 0 Å². The molecule has 2 amide bonds. The van der Waals surface area contributed by atoms with E-state index in [1.165, 1.54) is 22.7 Å². The fourth-order valence-corrected chi connectivity index (χ4v) is 4.62. The zero-order chi connectivity index (χ0) is 19.5. The van der Waals surface area contributed by atoms with Gasteiger partial charge in [0.25, 0.3) is 11.8 Å². The topological polar surface area (TPSA) is 71.5 Å². The van der Waals surface area contributed by atoms with Crippen molar-refractivity contribution in [2.24, 2.45) is 0 Å². The van der Waals surface area contributed by atoms with Gasteiger partial charge >= 0.3 is 0 Å². The summed E-state index contributed by atoms with van der Waals surface area (Å²) < 4.78 is 5.68. The van der Waals surface area contributed by atoms with Gasteiger partial charge in [0, 0.05) is 17.8 Å². The standard InChI is InChI=1S/C20H19N3O3S2/c1-13-5-2-3-6-15(13)26-12-18(24)23-9-8-14-17(11-23)28-20(21-14)22-19(25)16-7-4-10-27-16/h2-7,10H,8-9,11-12H2,1H3,(H,21,22,25). The van der Waals surface area contributed by atoms with Crippen molar-refractivity contribution in [3.8, 4) is 5.75 Å². The van der Waals surface area contributed by atoms with E-state index in [9.17, 15) is 9.59 Å². The molecule has 3 heterocycles. The number of nitrogens with zero attached hydrogens (tertiary/aromatic N) is 2. The van der Waals surface area contributed by atoms with Crippen molar-refractivity contribution >= 4 is 39.6 Å². The van der Waals surface area contributed by atoms with Gasteiger partial charge in [0.15, 0.2) is 11.7 Å². The smallest absolute Gasteiger partial charge is 0.267 e. The number of anilines is 1. The second kappa shape index (κ2) is 8.12. The summed E-state index contributed by atoms with van der Waals surface area (Å²) in [5.41, 5.74) is 1.96. The Hall–Kier alpha value is -2.71. The summed E-state index contributed by atoms with van der Waals surface area (Å²) in [5, 5.41) is 5.29. The number of aryl methyl sites for hydroxylation is 1. The molecule has 3 aromatic rings. The number of aromatic nitrogens is 1. The van der Waals surface area contributed by atoms with Crippen LogP contribution in [0.1, 0.15) is 25.8 Å². The Kier molecular flexibility index (Phi) is 5.40. The van der Waals surface area contributed by atoms with Gasteiger partial charge in [-0.15, -0.1) is 11.3 Å². The number of hydrogen-bond acceptors (Lipinski definition) is 6. The summed E-state index contributed by atoms with van der Waals surface area (Å²) in [6, 6.07) is 11.3. The Morgan fingerprint density at radius 2 is 2.11 bits per heavy atom. The molecule has 0 saturated carbocycles. The molecule has 1 aliphatic heterocycles. The first-order valence-corrected chi connectivity index (χ1v) is 10.6. The van der Waals surface area contributed by atoms with Crippen molar-refractivity contribution in [2.45, 2.75) is 19.9 Å². The van der Waals surface area contributed by atoms with Crippen LogP contribution >= 0.6 is 22.7 Å². The number of fused-ring (bicyclic) bond motifs is 1. The average molecular weight is 414 g/mol. The van der Waals surface area contributed by atoms with Crippen molar-refractivity contribution < 1.29 is 14.3 Å². The van der Waals surface area contributed by atoms with Gasteiger partial charge in [-0.2, -0.15) is 0 Å². The number of ether oxygens (including phenoxy) is 1. The summed E-state index contributed by atoms with van der Waals surface area (Å²) in [7, 11) is 0. The van der Waals surface area contributed by atoms with E-state index in [4.69, 9.17) is 4.74 Å². The monoisotopic (exact) mass is 413 g/mol. The number of thiazole rings is 1. The SMILES string of the molecule is Cc1ccccc1OCC(=O)N1CCc2nc(NC(=O)c3cccs3)sc2C1. The fourth-order valence-electron chi connectivity index (χ4n) is 2.98. The number of thiophene rings is 1. The minimum absolute atomic E-state index is 0.0148. The van der Waals surface area contributed by atoms with Crippen LogP contribution in [0.4, 0.5) is 5.13 Å². The van der Waals surface area contributed by atoms with E-state index in [1.54, 1.807) is 11.0 Å². The Morgan fingerprint density at radius 1 is 1.25 bits per heavy atom. The van der Waals surface area contributed by atoms with Gasteiger partial charge in [-0.05, 0) is 30.0 Å². The number of benzene rings is 1. The fraction of sp³-hybridized carbons (Fsp3) is 0.250. The molecule has 0 bridgehead atoms. The van der Waals surface area contributed by atoms with Crippen LogP contribution < -0.4 is 10.1 Å². The summed E-state index contributed by atoms with van der Waals surface area (Å²) in [6.45, 7) is 3.07. The van der Waals surface area contributed by atoms with Gasteiger partial charge in [0.05, 0.1) is 17.1 Å². The molecule has 0 atom stereocenters. The molecule has 1 N–H and O–H groups in total. The van der Waals surface area contributed by atoms with Gasteiger partial charge in [-0.25, -0.2) is 4.98 Å². The lowest BCUT2D eigenvalue weighted by atomic mass is 10.2. The lowest BCUT2D eigenvalue weighted by molar-refractivity contribution is -0.134. The molecule has 0 spiro atoms. The molecule has 144 valence electrons. The van der Waals surface area contributed by atoms with Gasteiger partial charge < -0.3 is 9.64 Å². The molecule has 0 saturated heterocycles. The third-order valence-electron chi connectivity index (χ3n) is 4.49. The van der Waals surface area contributed by atoms with Gasteiger partial charge in [-0.3, -0.25) is 14.9 Å². The number of nitrogens with one attached hydrogen (secondary N) is 1. The molecule has 4 rings (SSSR count). The minimum Gasteiger partial charge on any atom is -0.484 e. The van der Waals surface area contributed by atoms with E-state index in [0.29, 0.717) is 29.5 Å². The Morgan fingerprint density at radius 3 is 2.89 bits per heavy atom. The van der Waals surface area contributed by atoms with Crippen molar-refractivity contribution in [2.75, 3.05) is 18.5 Å². The summed E-state index contributed by atoms with van der Waals surface area (Å²) in [4.78, 5) is 32.7. The Balaban J connectivity index is 1.36. The van der Waals surface area contributed by atoms with Gasteiger partial charge in [0.2, 0.25) is 0 Å². The molecule has 1 aromatic carbocycles. The molecule has 8 heteroatoms. The van der Waals surface area contributed by atoms with Crippen LogP contribution in [0.2, 0.25) is 0 Å². The third kappa shape index (κ3) is 4.07. The second-order valence-corrected chi connectivity index (χ2v) is 8.47. The van der Waals surface area contributed by atoms with Crippen molar-refractivity contribution in [1.82, 2.24) is 9.88 Å². The lowest BCUT2D eigenvalue weighted by Gasteiger charge is -2.26. The van der Waals surface area contributed by atoms with Crippen molar-refractivity contribution in [3.05, 3.63) is 62.8 Å². The maximum absolute atomic E-state index is 12.5. The molecular formula is C20H19N3O3S2. The predicted octanol–water partition coefficient (Wildman–Crippen LogP) is 3.73. The molecule has 0 aliphatic carbocycles. The van der Waals surface area contributed by atoms with Crippen LogP contribution in [-0.2, 0) is 17.8 Å². The quantitative estimate of drug-likeness (QED) is 0.692. The first-order valence-electron chi connectivity index (χ1n) is 8.90. The maximum atomic E-state index is 12.5. The van der Waals surface area contributed by atoms with E-state index in [1.807, 2.05) is 42.6 Å². The maximum Gasteiger partial charge on any atom is 0.267 e. The molecule has 0 fully saturated rings. The first-order chi connectivity index (χ1) is 13.6. The van der Waals surface area contributed by atoms with Crippen LogP contribution in [0.5, 0.6) is 5.75 Å². The summed E-state index contributed by atoms with van der Waals surface area (Å²) in [6.07, 6.45) is 0.677. The largest absolute Gasteiger partial charge is 0.484 e. The highest BCUT2D eigenvalue weighted by Gasteiger charge is 2.25. The highest BCUT2D eigenvalue weighted by molar-refractivity contribution is 7.16. The highest BCUT2D eigenvalue weighted by atomic mass is 32.1. The number of amides is 2. The van der Waals surface area contributed by atoms with Gasteiger partial charge in [0.1, 0.15) is 5.75 Å². The van der Waals surface area contributed by atoms with Crippen LogP contribution in [0.15, 0.2) is 41.8 Å². The first kappa shape index (κ1) is 18.6. The van der Waals surface area contributed by atoms with Gasteiger partial charge in [-0.1, -0.05) is 35.6 Å². The molecule has 28 heavy (non-hydrogen) atoms. The number of carbonyl (C=O) groups excluding carboxylic acids is 2. The molecule has 0 unspecified atom stereocenters. The van der Waals surface area contributed by atoms with E-state index in [2.05, 4.69) is 10.3 Å². The molecule has 0 radical (unpaired) electrons.